The molecule has 1 fully saturated rings. The van der Waals surface area contributed by atoms with Crippen LogP contribution in [0.5, 0.6) is 0 Å². The molecule has 0 amide bonds. The van der Waals surface area contributed by atoms with Crippen LogP contribution in [0.25, 0.3) is 0 Å². The molecule has 4 nitrogen and oxygen atoms in total. The number of esters is 2. The zero-order chi connectivity index (χ0) is 14.5. The van der Waals surface area contributed by atoms with Gasteiger partial charge in [-0.3, -0.25) is 4.79 Å². The lowest BCUT2D eigenvalue weighted by Crippen LogP contribution is -2.34. The molecule has 1 saturated heterocycles. The van der Waals surface area contributed by atoms with Crippen molar-refractivity contribution in [3.63, 3.8) is 0 Å². The van der Waals surface area contributed by atoms with E-state index in [0.717, 1.165) is 6.54 Å². The summed E-state index contributed by atoms with van der Waals surface area (Å²) in [6.45, 7) is 4.17. The van der Waals surface area contributed by atoms with E-state index in [2.05, 4.69) is 17.4 Å². The highest BCUT2D eigenvalue weighted by Crippen LogP contribution is 2.28. The Bertz CT molecular complexity index is 475. The number of hydrogen-bond donors (Lipinski definition) is 1. The Morgan fingerprint density at radius 3 is 2.65 bits per heavy atom. The summed E-state index contributed by atoms with van der Waals surface area (Å²) in [5, 5.41) is 3.45. The first kappa shape index (κ1) is 15.1. The van der Waals surface area contributed by atoms with Gasteiger partial charge in [0.05, 0.1) is 5.92 Å². The van der Waals surface area contributed by atoms with Gasteiger partial charge in [0.1, 0.15) is 6.04 Å². The van der Waals surface area contributed by atoms with Gasteiger partial charge in [-0.1, -0.05) is 32.0 Å². The van der Waals surface area contributed by atoms with E-state index in [1.807, 2.05) is 18.2 Å². The minimum absolute atomic E-state index is 0.283. The summed E-state index contributed by atoms with van der Waals surface area (Å²) in [5.41, 5.74) is 0. The fourth-order valence-electron chi connectivity index (χ4n) is 1.95. The summed E-state index contributed by atoms with van der Waals surface area (Å²) in [4.78, 5) is 24.4. The lowest BCUT2D eigenvalue weighted by atomic mass is 10.2. The predicted octanol–water partition coefficient (Wildman–Crippen LogP) is 2.23. The van der Waals surface area contributed by atoms with Crippen molar-refractivity contribution in [3.05, 3.63) is 30.3 Å². The Hall–Kier alpha value is -1.33. The minimum Gasteiger partial charge on any atom is -0.392 e. The standard InChI is InChI=1S/C15H19NO3S/c1-10(2)14(17)19-15(18)13-8-12(9-16-13)20-11-6-4-3-5-7-11/h3-7,10,12-13,16H,8-9H2,1-2H3/t12?,13-/m0/s1. The first-order valence-electron chi connectivity index (χ1n) is 6.77. The molecule has 0 saturated carbocycles. The van der Waals surface area contributed by atoms with Crippen LogP contribution < -0.4 is 5.32 Å². The molecule has 0 bridgehead atoms. The maximum Gasteiger partial charge on any atom is 0.330 e. The summed E-state index contributed by atoms with van der Waals surface area (Å²) >= 11 is 1.74. The van der Waals surface area contributed by atoms with E-state index in [4.69, 9.17) is 4.74 Å². The van der Waals surface area contributed by atoms with E-state index in [1.165, 1.54) is 4.90 Å². The number of benzene rings is 1. The van der Waals surface area contributed by atoms with Crippen molar-refractivity contribution in [2.45, 2.75) is 36.5 Å². The van der Waals surface area contributed by atoms with Crippen LogP contribution in [-0.2, 0) is 14.3 Å². The van der Waals surface area contributed by atoms with E-state index in [1.54, 1.807) is 25.6 Å². The lowest BCUT2D eigenvalue weighted by Gasteiger charge is -2.10. The van der Waals surface area contributed by atoms with E-state index in [0.29, 0.717) is 11.7 Å². The van der Waals surface area contributed by atoms with Crippen molar-refractivity contribution in [1.29, 1.82) is 0 Å². The fraction of sp³-hybridized carbons (Fsp3) is 0.467. The molecular weight excluding hydrogens is 274 g/mol. The molecule has 1 heterocycles. The zero-order valence-corrected chi connectivity index (χ0v) is 12.5. The van der Waals surface area contributed by atoms with Crippen molar-refractivity contribution in [2.24, 2.45) is 5.92 Å². The number of carbonyl (C=O) groups is 2. The average molecular weight is 293 g/mol. The monoisotopic (exact) mass is 293 g/mol. The summed E-state index contributed by atoms with van der Waals surface area (Å²) in [6.07, 6.45) is 0.684. The molecule has 0 spiro atoms. The van der Waals surface area contributed by atoms with Crippen molar-refractivity contribution >= 4 is 23.7 Å². The van der Waals surface area contributed by atoms with Gasteiger partial charge < -0.3 is 10.1 Å². The molecule has 1 unspecified atom stereocenters. The molecule has 5 heteroatoms. The molecule has 20 heavy (non-hydrogen) atoms. The summed E-state index contributed by atoms with van der Waals surface area (Å²) in [7, 11) is 0. The van der Waals surface area contributed by atoms with Gasteiger partial charge in [0.25, 0.3) is 0 Å². The molecule has 0 aliphatic carbocycles. The molecule has 1 aliphatic rings. The lowest BCUT2D eigenvalue weighted by molar-refractivity contribution is -0.163. The molecule has 1 aromatic rings. The number of carbonyl (C=O) groups excluding carboxylic acids is 2. The summed E-state index contributed by atoms with van der Waals surface area (Å²) in [5.74, 6) is -1.20. The van der Waals surface area contributed by atoms with Crippen molar-refractivity contribution in [1.82, 2.24) is 5.32 Å². The van der Waals surface area contributed by atoms with E-state index in [-0.39, 0.29) is 12.0 Å². The molecular formula is C15H19NO3S. The molecule has 1 N–H and O–H groups in total. The number of hydrogen-bond acceptors (Lipinski definition) is 5. The second kappa shape index (κ2) is 6.90. The maximum atomic E-state index is 11.8. The van der Waals surface area contributed by atoms with E-state index in [9.17, 15) is 9.59 Å². The third-order valence-electron chi connectivity index (χ3n) is 3.09. The van der Waals surface area contributed by atoms with Gasteiger partial charge in [-0.15, -0.1) is 11.8 Å². The van der Waals surface area contributed by atoms with E-state index < -0.39 is 11.9 Å². The van der Waals surface area contributed by atoms with Crippen LogP contribution in [0.2, 0.25) is 0 Å². The number of ether oxygens (including phenoxy) is 1. The first-order chi connectivity index (χ1) is 9.56. The Morgan fingerprint density at radius 1 is 1.30 bits per heavy atom. The van der Waals surface area contributed by atoms with Gasteiger partial charge in [-0.25, -0.2) is 4.79 Å². The number of thioether (sulfide) groups is 1. The Balaban J connectivity index is 1.83. The van der Waals surface area contributed by atoms with Crippen molar-refractivity contribution in [2.75, 3.05) is 6.54 Å². The van der Waals surface area contributed by atoms with Gasteiger partial charge in [0.2, 0.25) is 0 Å². The van der Waals surface area contributed by atoms with E-state index >= 15 is 0 Å². The fourth-order valence-corrected chi connectivity index (χ4v) is 3.12. The maximum absolute atomic E-state index is 11.8. The van der Waals surface area contributed by atoms with Gasteiger partial charge >= 0.3 is 11.9 Å². The molecule has 108 valence electrons. The highest BCUT2D eigenvalue weighted by molar-refractivity contribution is 8.00. The predicted molar refractivity (Wildman–Crippen MR) is 78.4 cm³/mol. The minimum atomic E-state index is -0.462. The topological polar surface area (TPSA) is 55.4 Å². The second-order valence-corrected chi connectivity index (χ2v) is 6.52. The normalized spacial score (nSPS) is 21.9. The SMILES string of the molecule is CC(C)C(=O)OC(=O)[C@@H]1CC(Sc2ccccc2)CN1. The van der Waals surface area contributed by atoms with Crippen LogP contribution >= 0.6 is 11.8 Å². The number of nitrogens with one attached hydrogen (secondary N) is 1. The van der Waals surface area contributed by atoms with Crippen molar-refractivity contribution < 1.29 is 14.3 Å². The first-order valence-corrected chi connectivity index (χ1v) is 7.65. The molecule has 1 aromatic carbocycles. The highest BCUT2D eigenvalue weighted by Gasteiger charge is 2.32. The Morgan fingerprint density at radius 2 is 2.00 bits per heavy atom. The third-order valence-corrected chi connectivity index (χ3v) is 4.33. The summed E-state index contributed by atoms with van der Waals surface area (Å²) < 4.78 is 4.84. The van der Waals surface area contributed by atoms with Crippen LogP contribution in [0.15, 0.2) is 35.2 Å². The smallest absolute Gasteiger partial charge is 0.330 e. The van der Waals surface area contributed by atoms with Gasteiger partial charge in [0.15, 0.2) is 0 Å². The second-order valence-electron chi connectivity index (χ2n) is 5.14. The van der Waals surface area contributed by atoms with Crippen LogP contribution in [0.1, 0.15) is 20.3 Å². The van der Waals surface area contributed by atoms with Gasteiger partial charge in [0, 0.05) is 16.7 Å². The Kier molecular flexibility index (Phi) is 5.20. The van der Waals surface area contributed by atoms with Crippen molar-refractivity contribution in [3.8, 4) is 0 Å². The Labute approximate surface area is 123 Å². The quantitative estimate of drug-likeness (QED) is 0.681. The van der Waals surface area contributed by atoms with Gasteiger partial charge in [-0.05, 0) is 18.6 Å². The third kappa shape index (κ3) is 4.08. The van der Waals surface area contributed by atoms with Crippen LogP contribution in [0.3, 0.4) is 0 Å². The van der Waals surface area contributed by atoms with Crippen LogP contribution in [-0.4, -0.2) is 29.8 Å². The highest BCUT2D eigenvalue weighted by atomic mass is 32.2. The zero-order valence-electron chi connectivity index (χ0n) is 11.7. The molecule has 2 rings (SSSR count). The van der Waals surface area contributed by atoms with Gasteiger partial charge in [-0.2, -0.15) is 0 Å². The molecule has 0 aromatic heterocycles. The van der Waals surface area contributed by atoms with Crippen LogP contribution in [0, 0.1) is 5.92 Å². The largest absolute Gasteiger partial charge is 0.392 e. The van der Waals surface area contributed by atoms with Crippen LogP contribution in [0.4, 0.5) is 0 Å². The summed E-state index contributed by atoms with van der Waals surface area (Å²) in [6, 6.07) is 9.71. The molecule has 1 aliphatic heterocycles. The molecule has 2 atom stereocenters. The average Bonchev–Trinajstić information content (AvgIpc) is 2.88. The molecule has 0 radical (unpaired) electrons. The number of rotatable bonds is 4.